The zero-order valence-corrected chi connectivity index (χ0v) is 14.9. The largest absolute Gasteiger partial charge is 0.310 e. The molecule has 2 aromatic rings. The molecule has 1 N–H and O–H groups in total. The van der Waals surface area contributed by atoms with Gasteiger partial charge in [0.1, 0.15) is 0 Å². The van der Waals surface area contributed by atoms with E-state index in [1.807, 2.05) is 30.3 Å². The topological polar surface area (TPSA) is 12.0 Å². The molecular formula is C16H16Cl3NS. The molecule has 0 aromatic heterocycles. The molecule has 112 valence electrons. The van der Waals surface area contributed by atoms with Crippen LogP contribution in [0.2, 0.25) is 15.1 Å². The number of halogens is 3. The van der Waals surface area contributed by atoms with Crippen molar-refractivity contribution in [2.24, 2.45) is 0 Å². The predicted octanol–water partition coefficient (Wildman–Crippen LogP) is 6.30. The lowest BCUT2D eigenvalue weighted by Gasteiger charge is -2.13. The fourth-order valence-corrected chi connectivity index (χ4v) is 3.43. The molecule has 0 atom stereocenters. The van der Waals surface area contributed by atoms with E-state index in [1.165, 1.54) is 0 Å². The van der Waals surface area contributed by atoms with E-state index in [1.54, 1.807) is 17.8 Å². The van der Waals surface area contributed by atoms with Gasteiger partial charge in [-0.15, -0.1) is 0 Å². The van der Waals surface area contributed by atoms with Crippen LogP contribution in [0.4, 0.5) is 0 Å². The Hall–Kier alpha value is -0.380. The van der Waals surface area contributed by atoms with Crippen molar-refractivity contribution in [2.75, 3.05) is 0 Å². The molecular weight excluding hydrogens is 345 g/mol. The SMILES string of the molecule is CC(C)NCc1cc(Cl)ccc1Sc1cc(Cl)ccc1Cl. The van der Waals surface area contributed by atoms with Crippen LogP contribution in [0.25, 0.3) is 0 Å². The summed E-state index contributed by atoms with van der Waals surface area (Å²) in [5.41, 5.74) is 1.15. The average Bonchev–Trinajstić information content (AvgIpc) is 2.43. The summed E-state index contributed by atoms with van der Waals surface area (Å²) in [6, 6.07) is 11.8. The number of nitrogens with one attached hydrogen (secondary N) is 1. The highest BCUT2D eigenvalue weighted by atomic mass is 35.5. The molecule has 1 nitrogen and oxygen atoms in total. The minimum Gasteiger partial charge on any atom is -0.310 e. The van der Waals surface area contributed by atoms with Crippen molar-refractivity contribution >= 4 is 46.6 Å². The van der Waals surface area contributed by atoms with Gasteiger partial charge in [-0.3, -0.25) is 0 Å². The molecule has 0 saturated heterocycles. The summed E-state index contributed by atoms with van der Waals surface area (Å²) in [6.07, 6.45) is 0. The van der Waals surface area contributed by atoms with E-state index in [0.717, 1.165) is 26.9 Å². The smallest absolute Gasteiger partial charge is 0.0546 e. The molecule has 0 unspecified atom stereocenters. The van der Waals surface area contributed by atoms with Crippen molar-refractivity contribution in [3.05, 3.63) is 57.0 Å². The zero-order valence-electron chi connectivity index (χ0n) is 11.8. The zero-order chi connectivity index (χ0) is 15.4. The van der Waals surface area contributed by atoms with Gasteiger partial charge >= 0.3 is 0 Å². The van der Waals surface area contributed by atoms with Crippen LogP contribution in [-0.2, 0) is 6.54 Å². The number of hydrogen-bond donors (Lipinski definition) is 1. The highest BCUT2D eigenvalue weighted by Crippen LogP contribution is 2.37. The highest BCUT2D eigenvalue weighted by molar-refractivity contribution is 7.99. The van der Waals surface area contributed by atoms with Crippen molar-refractivity contribution in [3.63, 3.8) is 0 Å². The quantitative estimate of drug-likeness (QED) is 0.672. The second-order valence-electron chi connectivity index (χ2n) is 4.96. The van der Waals surface area contributed by atoms with E-state index in [0.29, 0.717) is 16.1 Å². The van der Waals surface area contributed by atoms with Crippen LogP contribution in [0.3, 0.4) is 0 Å². The van der Waals surface area contributed by atoms with E-state index < -0.39 is 0 Å². The highest BCUT2D eigenvalue weighted by Gasteiger charge is 2.09. The summed E-state index contributed by atoms with van der Waals surface area (Å²) in [5, 5.41) is 5.52. The van der Waals surface area contributed by atoms with Crippen LogP contribution in [-0.4, -0.2) is 6.04 Å². The van der Waals surface area contributed by atoms with Gasteiger partial charge in [-0.1, -0.05) is 60.4 Å². The molecule has 0 aliphatic heterocycles. The van der Waals surface area contributed by atoms with Gasteiger partial charge in [0.15, 0.2) is 0 Å². The van der Waals surface area contributed by atoms with Crippen molar-refractivity contribution in [3.8, 4) is 0 Å². The van der Waals surface area contributed by atoms with E-state index in [9.17, 15) is 0 Å². The van der Waals surface area contributed by atoms with E-state index in [-0.39, 0.29) is 0 Å². The third-order valence-electron chi connectivity index (χ3n) is 2.84. The summed E-state index contributed by atoms with van der Waals surface area (Å²) < 4.78 is 0. The maximum Gasteiger partial charge on any atom is 0.0546 e. The van der Waals surface area contributed by atoms with Crippen molar-refractivity contribution in [1.82, 2.24) is 5.32 Å². The average molecular weight is 361 g/mol. The van der Waals surface area contributed by atoms with Crippen molar-refractivity contribution < 1.29 is 0 Å². The lowest BCUT2D eigenvalue weighted by atomic mass is 10.2. The normalized spacial score (nSPS) is 11.1. The Morgan fingerprint density at radius 3 is 2.33 bits per heavy atom. The van der Waals surface area contributed by atoms with Gasteiger partial charge in [-0.2, -0.15) is 0 Å². The number of rotatable bonds is 5. The molecule has 0 aliphatic rings. The van der Waals surface area contributed by atoms with Crippen LogP contribution >= 0.6 is 46.6 Å². The van der Waals surface area contributed by atoms with Gasteiger partial charge in [-0.25, -0.2) is 0 Å². The maximum absolute atomic E-state index is 6.24. The molecule has 0 fully saturated rings. The first-order valence-electron chi connectivity index (χ1n) is 6.60. The van der Waals surface area contributed by atoms with Crippen LogP contribution in [0.15, 0.2) is 46.2 Å². The summed E-state index contributed by atoms with van der Waals surface area (Å²) >= 11 is 20.0. The second-order valence-corrected chi connectivity index (χ2v) is 7.33. The first-order valence-corrected chi connectivity index (χ1v) is 8.55. The predicted molar refractivity (Wildman–Crippen MR) is 94.0 cm³/mol. The Kier molecular flexibility index (Phi) is 6.27. The van der Waals surface area contributed by atoms with Gasteiger partial charge < -0.3 is 5.32 Å². The van der Waals surface area contributed by atoms with Gasteiger partial charge in [0.25, 0.3) is 0 Å². The Labute approximate surface area is 145 Å². The first kappa shape index (κ1) is 17.0. The Morgan fingerprint density at radius 1 is 0.952 bits per heavy atom. The number of hydrogen-bond acceptors (Lipinski definition) is 2. The fourth-order valence-electron chi connectivity index (χ4n) is 1.77. The van der Waals surface area contributed by atoms with Gasteiger partial charge in [0.05, 0.1) is 5.02 Å². The molecule has 2 rings (SSSR count). The molecule has 21 heavy (non-hydrogen) atoms. The Bertz CT molecular complexity index is 629. The molecule has 0 spiro atoms. The summed E-state index contributed by atoms with van der Waals surface area (Å²) in [4.78, 5) is 2.06. The van der Waals surface area contributed by atoms with Crippen molar-refractivity contribution in [2.45, 2.75) is 36.2 Å². The van der Waals surface area contributed by atoms with Crippen LogP contribution in [0, 0.1) is 0 Å². The molecule has 0 aliphatic carbocycles. The first-order chi connectivity index (χ1) is 9.95. The standard InChI is InChI=1S/C16H16Cl3NS/c1-10(2)20-9-11-7-12(17)4-6-15(11)21-16-8-13(18)3-5-14(16)19/h3-8,10,20H,9H2,1-2H3. The van der Waals surface area contributed by atoms with Crippen LogP contribution < -0.4 is 5.32 Å². The fraction of sp³-hybridized carbons (Fsp3) is 0.250. The lowest BCUT2D eigenvalue weighted by Crippen LogP contribution is -2.22. The van der Waals surface area contributed by atoms with Gasteiger partial charge in [-0.05, 0) is 42.0 Å². The third-order valence-corrected chi connectivity index (χ3v) is 4.92. The Morgan fingerprint density at radius 2 is 1.62 bits per heavy atom. The molecule has 0 radical (unpaired) electrons. The molecule has 5 heteroatoms. The monoisotopic (exact) mass is 359 g/mol. The Balaban J connectivity index is 2.28. The molecule has 0 bridgehead atoms. The lowest BCUT2D eigenvalue weighted by molar-refractivity contribution is 0.585. The molecule has 0 saturated carbocycles. The third kappa shape index (κ3) is 5.08. The summed E-state index contributed by atoms with van der Waals surface area (Å²) in [7, 11) is 0. The van der Waals surface area contributed by atoms with Gasteiger partial charge in [0.2, 0.25) is 0 Å². The second kappa shape index (κ2) is 7.75. The van der Waals surface area contributed by atoms with E-state index >= 15 is 0 Å². The maximum atomic E-state index is 6.24. The van der Waals surface area contributed by atoms with Gasteiger partial charge in [0, 0.05) is 32.4 Å². The summed E-state index contributed by atoms with van der Waals surface area (Å²) in [6.45, 7) is 5.00. The number of benzene rings is 2. The summed E-state index contributed by atoms with van der Waals surface area (Å²) in [5.74, 6) is 0. The molecule has 0 heterocycles. The van der Waals surface area contributed by atoms with Crippen LogP contribution in [0.5, 0.6) is 0 Å². The van der Waals surface area contributed by atoms with Crippen molar-refractivity contribution in [1.29, 1.82) is 0 Å². The molecule has 2 aromatic carbocycles. The minimum atomic E-state index is 0.414. The van der Waals surface area contributed by atoms with E-state index in [4.69, 9.17) is 34.8 Å². The van der Waals surface area contributed by atoms with E-state index in [2.05, 4.69) is 19.2 Å². The van der Waals surface area contributed by atoms with Crippen LogP contribution in [0.1, 0.15) is 19.4 Å². The minimum absolute atomic E-state index is 0.414. The molecule has 0 amide bonds.